The van der Waals surface area contributed by atoms with Crippen molar-refractivity contribution in [2.45, 2.75) is 51.1 Å². The lowest BCUT2D eigenvalue weighted by molar-refractivity contribution is -0.146. The highest BCUT2D eigenvalue weighted by molar-refractivity contribution is 5.79. The van der Waals surface area contributed by atoms with Crippen LogP contribution in [0.5, 0.6) is 0 Å². The van der Waals surface area contributed by atoms with E-state index in [-0.39, 0.29) is 5.97 Å². The third kappa shape index (κ3) is 2.56. The second kappa shape index (κ2) is 5.10. The van der Waals surface area contributed by atoms with Gasteiger partial charge in [-0.3, -0.25) is 4.79 Å². The molecule has 100 valence electrons. The van der Waals surface area contributed by atoms with E-state index in [1.165, 1.54) is 31.3 Å². The minimum atomic E-state index is -0.930. The van der Waals surface area contributed by atoms with E-state index in [2.05, 4.69) is 9.55 Å². The Morgan fingerprint density at radius 2 is 2.28 bits per heavy atom. The monoisotopic (exact) mass is 251 g/mol. The molecule has 0 fully saturated rings. The minimum Gasteiger partial charge on any atom is -0.468 e. The zero-order valence-electron chi connectivity index (χ0n) is 11.1. The van der Waals surface area contributed by atoms with Crippen LogP contribution in [0.2, 0.25) is 0 Å². The van der Waals surface area contributed by atoms with Crippen LogP contribution >= 0.6 is 0 Å². The Balaban J connectivity index is 2.02. The largest absolute Gasteiger partial charge is 0.468 e. The van der Waals surface area contributed by atoms with Crippen molar-refractivity contribution in [3.63, 3.8) is 0 Å². The average molecular weight is 251 g/mol. The number of imidazole rings is 1. The van der Waals surface area contributed by atoms with Gasteiger partial charge in [0.05, 0.1) is 19.1 Å². The van der Waals surface area contributed by atoms with E-state index in [9.17, 15) is 4.79 Å². The smallest absolute Gasteiger partial charge is 0.325 e. The molecule has 2 rings (SSSR count). The number of ether oxygens (including phenoxy) is 1. The highest BCUT2D eigenvalue weighted by Gasteiger charge is 2.29. The molecule has 5 nitrogen and oxygen atoms in total. The topological polar surface area (TPSA) is 70.1 Å². The fourth-order valence-corrected chi connectivity index (χ4v) is 2.41. The van der Waals surface area contributed by atoms with Crippen molar-refractivity contribution in [1.29, 1.82) is 0 Å². The first-order valence-corrected chi connectivity index (χ1v) is 6.45. The van der Waals surface area contributed by atoms with E-state index in [0.29, 0.717) is 13.0 Å². The van der Waals surface area contributed by atoms with Gasteiger partial charge in [0.15, 0.2) is 0 Å². The summed E-state index contributed by atoms with van der Waals surface area (Å²) in [6.07, 6.45) is 7.01. The molecule has 0 saturated heterocycles. The Kier molecular flexibility index (Phi) is 3.71. The summed E-state index contributed by atoms with van der Waals surface area (Å²) in [5.74, 6) is -0.364. The molecule has 1 atom stereocenters. The number of carbonyl (C=O) groups is 1. The lowest BCUT2D eigenvalue weighted by Gasteiger charge is -2.22. The van der Waals surface area contributed by atoms with Crippen molar-refractivity contribution < 1.29 is 9.53 Å². The van der Waals surface area contributed by atoms with Gasteiger partial charge in [-0.2, -0.15) is 0 Å². The quantitative estimate of drug-likeness (QED) is 0.812. The number of nitrogens with two attached hydrogens (primary N) is 1. The number of hydrogen-bond acceptors (Lipinski definition) is 4. The first-order chi connectivity index (χ1) is 8.54. The fraction of sp³-hybridized carbons (Fsp3) is 0.692. The lowest BCUT2D eigenvalue weighted by Crippen LogP contribution is -2.46. The summed E-state index contributed by atoms with van der Waals surface area (Å²) in [6.45, 7) is 2.42. The molecule has 1 heterocycles. The van der Waals surface area contributed by atoms with Crippen LogP contribution in [-0.4, -0.2) is 28.2 Å². The lowest BCUT2D eigenvalue weighted by atomic mass is 9.98. The summed E-state index contributed by atoms with van der Waals surface area (Å²) in [4.78, 5) is 15.9. The SMILES string of the molecule is COC(=O)C(C)(N)CCn1cnc2c1CCCC2. The van der Waals surface area contributed by atoms with E-state index in [0.717, 1.165) is 12.8 Å². The van der Waals surface area contributed by atoms with Crippen molar-refractivity contribution in [3.8, 4) is 0 Å². The number of methoxy groups -OCH3 is 1. The molecule has 1 unspecified atom stereocenters. The molecule has 1 aliphatic rings. The molecule has 18 heavy (non-hydrogen) atoms. The molecule has 0 saturated carbocycles. The van der Waals surface area contributed by atoms with Crippen LogP contribution in [-0.2, 0) is 28.9 Å². The molecule has 0 aromatic carbocycles. The molecule has 0 radical (unpaired) electrons. The second-order valence-electron chi connectivity index (χ2n) is 5.20. The fourth-order valence-electron chi connectivity index (χ4n) is 2.41. The molecular weight excluding hydrogens is 230 g/mol. The van der Waals surface area contributed by atoms with Crippen LogP contribution in [0.25, 0.3) is 0 Å². The van der Waals surface area contributed by atoms with Crippen LogP contribution in [0.4, 0.5) is 0 Å². The van der Waals surface area contributed by atoms with Crippen LogP contribution in [0.3, 0.4) is 0 Å². The van der Waals surface area contributed by atoms with Crippen molar-refractivity contribution in [2.24, 2.45) is 5.73 Å². The molecule has 2 N–H and O–H groups in total. The Labute approximate surface area is 107 Å². The number of nitrogens with zero attached hydrogens (tertiary/aromatic N) is 2. The van der Waals surface area contributed by atoms with Gasteiger partial charge in [-0.1, -0.05) is 0 Å². The van der Waals surface area contributed by atoms with Crippen molar-refractivity contribution in [1.82, 2.24) is 9.55 Å². The van der Waals surface area contributed by atoms with E-state index >= 15 is 0 Å². The summed E-state index contributed by atoms with van der Waals surface area (Å²) in [5, 5.41) is 0. The van der Waals surface area contributed by atoms with Crippen molar-refractivity contribution >= 4 is 5.97 Å². The third-order valence-electron chi connectivity index (χ3n) is 3.63. The molecule has 1 aromatic heterocycles. The standard InChI is InChI=1S/C13H21N3O2/c1-13(14,12(17)18-2)7-8-16-9-15-10-5-3-4-6-11(10)16/h9H,3-8,14H2,1-2H3. The molecule has 1 aliphatic carbocycles. The number of aromatic nitrogens is 2. The molecule has 0 amide bonds. The third-order valence-corrected chi connectivity index (χ3v) is 3.63. The molecule has 0 aliphatic heterocycles. The molecule has 0 spiro atoms. The van der Waals surface area contributed by atoms with Crippen LogP contribution in [0.1, 0.15) is 37.6 Å². The van der Waals surface area contributed by atoms with E-state index in [1.54, 1.807) is 6.92 Å². The summed E-state index contributed by atoms with van der Waals surface area (Å²) in [6, 6.07) is 0. The maximum Gasteiger partial charge on any atom is 0.325 e. The first-order valence-electron chi connectivity index (χ1n) is 6.45. The number of hydrogen-bond donors (Lipinski definition) is 1. The van der Waals surface area contributed by atoms with Gasteiger partial charge < -0.3 is 15.0 Å². The number of rotatable bonds is 4. The number of carbonyl (C=O) groups excluding carboxylic acids is 1. The zero-order valence-corrected chi connectivity index (χ0v) is 11.1. The number of esters is 1. The van der Waals surface area contributed by atoms with Gasteiger partial charge in [0.2, 0.25) is 0 Å². The Morgan fingerprint density at radius 3 is 3.00 bits per heavy atom. The van der Waals surface area contributed by atoms with Crippen molar-refractivity contribution in [3.05, 3.63) is 17.7 Å². The summed E-state index contributed by atoms with van der Waals surface area (Å²) in [7, 11) is 1.37. The molecule has 5 heteroatoms. The maximum absolute atomic E-state index is 11.5. The highest BCUT2D eigenvalue weighted by Crippen LogP contribution is 2.21. The van der Waals surface area contributed by atoms with E-state index in [1.807, 2.05) is 6.33 Å². The Morgan fingerprint density at radius 1 is 1.56 bits per heavy atom. The summed E-state index contributed by atoms with van der Waals surface area (Å²) >= 11 is 0. The van der Waals surface area contributed by atoms with Gasteiger partial charge >= 0.3 is 5.97 Å². The average Bonchev–Trinajstić information content (AvgIpc) is 2.78. The summed E-state index contributed by atoms with van der Waals surface area (Å²) in [5.41, 5.74) is 7.54. The minimum absolute atomic E-state index is 0.364. The Hall–Kier alpha value is -1.36. The van der Waals surface area contributed by atoms with Crippen molar-refractivity contribution in [2.75, 3.05) is 7.11 Å². The highest BCUT2D eigenvalue weighted by atomic mass is 16.5. The number of aryl methyl sites for hydroxylation is 2. The van der Waals surface area contributed by atoms with E-state index in [4.69, 9.17) is 10.5 Å². The van der Waals surface area contributed by atoms with Gasteiger partial charge in [-0.15, -0.1) is 0 Å². The zero-order chi connectivity index (χ0) is 13.2. The summed E-state index contributed by atoms with van der Waals surface area (Å²) < 4.78 is 6.84. The second-order valence-corrected chi connectivity index (χ2v) is 5.20. The van der Waals surface area contributed by atoms with Gasteiger partial charge in [-0.05, 0) is 39.0 Å². The number of fused-ring (bicyclic) bond motifs is 1. The molecule has 1 aromatic rings. The van der Waals surface area contributed by atoms with Crippen LogP contribution in [0.15, 0.2) is 6.33 Å². The predicted molar refractivity (Wildman–Crippen MR) is 68.1 cm³/mol. The predicted octanol–water partition coefficient (Wildman–Crippen LogP) is 1.04. The first kappa shape index (κ1) is 13.1. The van der Waals surface area contributed by atoms with Gasteiger partial charge in [0.25, 0.3) is 0 Å². The van der Waals surface area contributed by atoms with Gasteiger partial charge in [0, 0.05) is 12.2 Å². The molecule has 0 bridgehead atoms. The Bertz CT molecular complexity index is 437. The van der Waals surface area contributed by atoms with Crippen LogP contribution < -0.4 is 5.73 Å². The molecular formula is C13H21N3O2. The normalized spacial score (nSPS) is 17.9. The van der Waals surface area contributed by atoms with Crippen LogP contribution in [0, 0.1) is 0 Å². The maximum atomic E-state index is 11.5. The van der Waals surface area contributed by atoms with Gasteiger partial charge in [-0.25, -0.2) is 4.98 Å². The van der Waals surface area contributed by atoms with E-state index < -0.39 is 5.54 Å². The van der Waals surface area contributed by atoms with Gasteiger partial charge in [0.1, 0.15) is 5.54 Å².